The van der Waals surface area contributed by atoms with Gasteiger partial charge >= 0.3 is 11.9 Å². The Balaban J connectivity index is 1.53. The van der Waals surface area contributed by atoms with E-state index in [0.717, 1.165) is 6.07 Å². The fraction of sp³-hybridized carbons (Fsp3) is 0.481. The molecule has 3 N–H and O–H groups in total. The van der Waals surface area contributed by atoms with Crippen molar-refractivity contribution < 1.29 is 38.4 Å². The molecule has 1 aromatic carbocycles. The van der Waals surface area contributed by atoms with Crippen LogP contribution >= 0.6 is 22.9 Å². The average molecular weight is 609 g/mol. The highest BCUT2D eigenvalue weighted by atomic mass is 35.5. The molecule has 0 aliphatic carbocycles. The number of piperidine rings is 1. The van der Waals surface area contributed by atoms with Crippen LogP contribution in [0.4, 0.5) is 4.39 Å². The number of hydrogen-bond donors (Lipinski definition) is 3. The fourth-order valence-electron chi connectivity index (χ4n) is 5.65. The smallest absolute Gasteiger partial charge is 0.338 e. The number of ether oxygens (including phenoxy) is 3. The van der Waals surface area contributed by atoms with E-state index in [1.165, 1.54) is 30.6 Å². The maximum atomic E-state index is 13.9. The lowest BCUT2D eigenvalue weighted by Crippen LogP contribution is -2.66. The number of nitrogens with one attached hydrogen (secondary N) is 1. The summed E-state index contributed by atoms with van der Waals surface area (Å²) in [5.74, 6) is -1.65. The Kier molecular flexibility index (Phi) is 8.73. The highest BCUT2D eigenvalue weighted by Gasteiger charge is 2.52. The third kappa shape index (κ3) is 5.87. The number of halogens is 2. The first kappa shape index (κ1) is 29.5. The molecule has 0 amide bonds. The zero-order chi connectivity index (χ0) is 29.3. The summed E-state index contributed by atoms with van der Waals surface area (Å²) >= 11 is 7.79. The van der Waals surface area contributed by atoms with Crippen molar-refractivity contribution in [3.8, 4) is 0 Å². The topological polar surface area (TPSA) is 143 Å². The Bertz CT molecular complexity index is 1360. The second-order valence-electron chi connectivity index (χ2n) is 10.1. The summed E-state index contributed by atoms with van der Waals surface area (Å²) in [7, 11) is 1.26. The van der Waals surface area contributed by atoms with Crippen LogP contribution in [0.25, 0.3) is 0 Å². The van der Waals surface area contributed by atoms with Gasteiger partial charge in [0, 0.05) is 46.5 Å². The summed E-state index contributed by atoms with van der Waals surface area (Å²) in [6, 6.07) is 2.17. The summed E-state index contributed by atoms with van der Waals surface area (Å²) < 4.78 is 29.8. The van der Waals surface area contributed by atoms with Gasteiger partial charge in [-0.25, -0.2) is 19.0 Å². The van der Waals surface area contributed by atoms with E-state index in [1.54, 1.807) is 18.5 Å². The predicted molar refractivity (Wildman–Crippen MR) is 147 cm³/mol. The van der Waals surface area contributed by atoms with Gasteiger partial charge in [0.1, 0.15) is 17.5 Å². The summed E-state index contributed by atoms with van der Waals surface area (Å²) in [6.07, 6.45) is -0.0136. The van der Waals surface area contributed by atoms with E-state index in [0.29, 0.717) is 22.1 Å². The molecule has 11 nitrogen and oxygen atoms in total. The lowest BCUT2D eigenvalue weighted by molar-refractivity contribution is -0.195. The van der Waals surface area contributed by atoms with Crippen LogP contribution < -0.4 is 5.32 Å². The Morgan fingerprint density at radius 3 is 2.68 bits per heavy atom. The molecule has 0 saturated carbocycles. The van der Waals surface area contributed by atoms with Crippen molar-refractivity contribution in [1.82, 2.24) is 15.2 Å². The molecule has 14 heteroatoms. The van der Waals surface area contributed by atoms with Gasteiger partial charge in [-0.3, -0.25) is 9.89 Å². The monoisotopic (exact) mass is 608 g/mol. The number of carbonyl (C=O) groups excluding carboxylic acids is 2. The number of methoxy groups -OCH3 is 1. The minimum atomic E-state index is -1.71. The van der Waals surface area contributed by atoms with Crippen molar-refractivity contribution in [2.45, 2.75) is 49.6 Å². The molecule has 5 rings (SSSR count). The van der Waals surface area contributed by atoms with Crippen LogP contribution in [0.15, 0.2) is 46.0 Å². The van der Waals surface area contributed by atoms with Crippen molar-refractivity contribution in [3.05, 3.63) is 62.5 Å². The molecule has 0 spiro atoms. The van der Waals surface area contributed by atoms with E-state index >= 15 is 0 Å². The molecule has 41 heavy (non-hydrogen) atoms. The van der Waals surface area contributed by atoms with Crippen molar-refractivity contribution in [2.75, 3.05) is 33.5 Å². The number of esters is 2. The zero-order valence-electron chi connectivity index (χ0n) is 22.4. The number of fused-ring (bicyclic) bond motifs is 2. The van der Waals surface area contributed by atoms with Gasteiger partial charge in [0.2, 0.25) is 0 Å². The van der Waals surface area contributed by atoms with Crippen LogP contribution in [0.3, 0.4) is 0 Å². The van der Waals surface area contributed by atoms with E-state index in [4.69, 9.17) is 30.8 Å². The maximum absolute atomic E-state index is 13.9. The second-order valence-corrected chi connectivity index (χ2v) is 11.4. The zero-order valence-corrected chi connectivity index (χ0v) is 24.0. The Morgan fingerprint density at radius 1 is 1.34 bits per heavy atom. The number of aliphatic hydroxyl groups is 2. The number of morpholine rings is 1. The number of aromatic nitrogens is 1. The molecular formula is C27H30ClFN4O7S. The number of benzene rings is 1. The lowest BCUT2D eigenvalue weighted by atomic mass is 9.77. The third-order valence-corrected chi connectivity index (χ3v) is 8.63. The van der Waals surface area contributed by atoms with Gasteiger partial charge in [0.25, 0.3) is 0 Å². The van der Waals surface area contributed by atoms with Crippen molar-refractivity contribution >= 4 is 40.7 Å². The van der Waals surface area contributed by atoms with Crippen LogP contribution in [0, 0.1) is 5.82 Å². The first-order valence-corrected chi connectivity index (χ1v) is 14.3. The fourth-order valence-corrected chi connectivity index (χ4v) is 6.51. The minimum Gasteiger partial charge on any atom is -0.466 e. The van der Waals surface area contributed by atoms with Crippen LogP contribution in [-0.2, 0) is 23.8 Å². The first-order chi connectivity index (χ1) is 19.6. The molecule has 2 fully saturated rings. The molecule has 0 radical (unpaired) electrons. The number of carbonyl (C=O) groups is 2. The second kappa shape index (κ2) is 12.1. The molecule has 1 aromatic heterocycles. The molecule has 220 valence electrons. The number of amidine groups is 1. The first-order valence-electron chi connectivity index (χ1n) is 13.1. The molecule has 2 aromatic rings. The number of aliphatic imine (C=N–C) groups is 1. The molecular weight excluding hydrogens is 579 g/mol. The summed E-state index contributed by atoms with van der Waals surface area (Å²) in [5.41, 5.74) is -0.641. The Morgan fingerprint density at radius 2 is 2.07 bits per heavy atom. The molecule has 3 aliphatic heterocycles. The standard InChI is InChI=1S/C27H30ClFN4O7S/c1-3-40-26(36)22(34)27(37)9-15-12-39-13-16(10-27)33(15)11-19-20(25(35)38-2)21(17-5-4-14(29)8-18(17)28)32-23(31-19)24-30-6-7-41-24/h4-8,15-16,21-22,34,37H,3,9-13H2,1-2H3,(H,31,32)/t15?,16?,21-,22?,27?/m0/s1. The number of thiazole rings is 1. The molecule has 4 atom stereocenters. The third-order valence-electron chi connectivity index (χ3n) is 7.52. The number of nitrogens with zero attached hydrogens (tertiary/aromatic N) is 3. The lowest BCUT2D eigenvalue weighted by Gasteiger charge is -2.52. The maximum Gasteiger partial charge on any atom is 0.338 e. The van der Waals surface area contributed by atoms with Crippen LogP contribution in [0.5, 0.6) is 0 Å². The van der Waals surface area contributed by atoms with Gasteiger partial charge in [-0.1, -0.05) is 17.7 Å². The van der Waals surface area contributed by atoms with E-state index in [1.807, 2.05) is 0 Å². The summed E-state index contributed by atoms with van der Waals surface area (Å²) in [6.45, 7) is 2.35. The molecule has 4 heterocycles. The Hall–Kier alpha value is -2.94. The van der Waals surface area contributed by atoms with Crippen LogP contribution in [0.1, 0.15) is 36.4 Å². The van der Waals surface area contributed by atoms with Gasteiger partial charge in [0.15, 0.2) is 16.9 Å². The average Bonchev–Trinajstić information content (AvgIpc) is 3.48. The van der Waals surface area contributed by atoms with Gasteiger partial charge in [-0.15, -0.1) is 11.3 Å². The number of hydrogen-bond acceptors (Lipinski definition) is 12. The van der Waals surface area contributed by atoms with Crippen molar-refractivity contribution in [2.24, 2.45) is 4.99 Å². The van der Waals surface area contributed by atoms with Gasteiger partial charge < -0.3 is 29.7 Å². The summed E-state index contributed by atoms with van der Waals surface area (Å²) in [4.78, 5) is 36.7. The number of rotatable bonds is 8. The largest absolute Gasteiger partial charge is 0.466 e. The van der Waals surface area contributed by atoms with E-state index in [2.05, 4.69) is 15.2 Å². The van der Waals surface area contributed by atoms with Crippen LogP contribution in [0.2, 0.25) is 5.02 Å². The Labute approximate surface area is 244 Å². The van der Waals surface area contributed by atoms with E-state index < -0.39 is 47.6 Å². The SMILES string of the molecule is CCOC(=O)C(O)C1(O)CC2COCC(C1)N2CC1=C(C(=O)OC)[C@H](c2ccc(F)cc2Cl)N=C(c2nccs2)N1. The van der Waals surface area contributed by atoms with E-state index in [9.17, 15) is 24.2 Å². The van der Waals surface area contributed by atoms with Gasteiger partial charge in [0.05, 0.1) is 32.5 Å². The van der Waals surface area contributed by atoms with Gasteiger partial charge in [-0.2, -0.15) is 0 Å². The predicted octanol–water partition coefficient (Wildman–Crippen LogP) is 1.97. The summed E-state index contributed by atoms with van der Waals surface area (Å²) in [5, 5.41) is 27.7. The number of aliphatic hydroxyl groups excluding tert-OH is 1. The van der Waals surface area contributed by atoms with E-state index in [-0.39, 0.29) is 49.8 Å². The van der Waals surface area contributed by atoms with Crippen molar-refractivity contribution in [3.63, 3.8) is 0 Å². The van der Waals surface area contributed by atoms with Crippen LogP contribution in [-0.4, -0.2) is 95.1 Å². The molecule has 3 aliphatic rings. The normalized spacial score (nSPS) is 27.1. The van der Waals surface area contributed by atoms with Crippen molar-refractivity contribution in [1.29, 1.82) is 0 Å². The molecule has 2 bridgehead atoms. The molecule has 2 saturated heterocycles. The highest BCUT2D eigenvalue weighted by Crippen LogP contribution is 2.40. The van der Waals surface area contributed by atoms with Gasteiger partial charge in [-0.05, 0) is 31.9 Å². The minimum absolute atomic E-state index is 0.0327. The quantitative estimate of drug-likeness (QED) is 0.381. The molecule has 3 unspecified atom stereocenters. The highest BCUT2D eigenvalue weighted by molar-refractivity contribution is 7.11.